The highest BCUT2D eigenvalue weighted by atomic mass is 15.2. The molecule has 0 N–H and O–H groups in total. The second kappa shape index (κ2) is 20.9. The molecule has 4 heteroatoms. The van der Waals surface area contributed by atoms with E-state index in [4.69, 9.17) is 0 Å². The summed E-state index contributed by atoms with van der Waals surface area (Å²) in [5, 5.41) is 2.40. The summed E-state index contributed by atoms with van der Waals surface area (Å²) < 4.78 is 2.56. The Hall–Kier alpha value is -12.2. The lowest BCUT2D eigenvalue weighted by Crippen LogP contribution is -2.61. The Morgan fingerprint density at radius 1 is 0.232 bits per heavy atom. The standard InChI is InChI=1S/C91H58BN3/c1-6-23-59(24-7-1)64-41-47-69(48-42-64)93-84-51-45-67(62-29-12-4-13-30-62)55-80(84)92-81-56-68(63-31-14-5-15-32-63)46-52-85(81)95(86-40-22-36-74-73-35-18-21-39-79(73)91(89(74)86)77-37-19-16-33-71(77)72-34-17-20-38-78(72)91)88-58-70(57-87(93)90(88)92)94-82-49-43-65(60-25-8-2-9-26-60)53-75(82)76-54-66(44-50-83(76)94)61-27-10-3-11-28-61/h1-58H. The molecule has 3 heterocycles. The van der Waals surface area contributed by atoms with Crippen molar-refractivity contribution in [2.45, 2.75) is 5.41 Å². The average Bonchev–Trinajstić information content (AvgIpc) is 1.55. The third kappa shape index (κ3) is 7.89. The molecule has 20 rings (SSSR count). The molecule has 0 saturated heterocycles. The normalized spacial score (nSPS) is 13.3. The van der Waals surface area contributed by atoms with Crippen LogP contribution in [0.1, 0.15) is 22.3 Å². The maximum Gasteiger partial charge on any atom is 0.252 e. The highest BCUT2D eigenvalue weighted by molar-refractivity contribution is 7.00. The van der Waals surface area contributed by atoms with Crippen LogP contribution in [0.5, 0.6) is 0 Å². The van der Waals surface area contributed by atoms with Gasteiger partial charge >= 0.3 is 0 Å². The van der Waals surface area contributed by atoms with Crippen molar-refractivity contribution in [3.05, 3.63) is 374 Å². The molecule has 0 atom stereocenters. The molecular formula is C91H58BN3. The quantitative estimate of drug-likeness (QED) is 0.141. The fraction of sp³-hybridized carbons (Fsp3) is 0.0110. The number of hydrogen-bond acceptors (Lipinski definition) is 2. The van der Waals surface area contributed by atoms with E-state index in [-0.39, 0.29) is 6.71 Å². The molecule has 16 aromatic rings. The summed E-state index contributed by atoms with van der Waals surface area (Å²) in [4.78, 5) is 5.30. The molecule has 0 amide bonds. The molecule has 1 aromatic heterocycles. The molecule has 2 aliphatic carbocycles. The minimum atomic E-state index is -0.641. The first-order valence-corrected chi connectivity index (χ1v) is 33.1. The van der Waals surface area contributed by atoms with E-state index in [1.54, 1.807) is 0 Å². The van der Waals surface area contributed by atoms with Gasteiger partial charge in [0.15, 0.2) is 0 Å². The Kier molecular flexibility index (Phi) is 11.8. The fourth-order valence-electron chi connectivity index (χ4n) is 17.0. The largest absolute Gasteiger partial charge is 0.311 e. The number of fused-ring (bicyclic) bond motifs is 17. The zero-order valence-corrected chi connectivity index (χ0v) is 51.9. The zero-order valence-electron chi connectivity index (χ0n) is 51.9. The monoisotopic (exact) mass is 1200 g/mol. The van der Waals surface area contributed by atoms with Crippen molar-refractivity contribution in [2.24, 2.45) is 0 Å². The molecule has 440 valence electrons. The topological polar surface area (TPSA) is 11.4 Å². The van der Waals surface area contributed by atoms with E-state index in [1.165, 1.54) is 127 Å². The summed E-state index contributed by atoms with van der Waals surface area (Å²) >= 11 is 0. The SMILES string of the molecule is c1ccc(-c2ccc(N3c4ccc(-c5ccccc5)cc4B4c5cc(-c6ccccc6)ccc5N(c5cccc6c5C5(c7ccccc7-c7ccccc75)c5ccccc5-6)c5cc(-n6c7ccc(-c8ccccc8)cc7c7cc(-c8ccccc8)ccc76)cc3c54)cc2)cc1. The van der Waals surface area contributed by atoms with Crippen LogP contribution >= 0.6 is 0 Å². The molecule has 0 bridgehead atoms. The van der Waals surface area contributed by atoms with Crippen molar-refractivity contribution < 1.29 is 0 Å². The summed E-state index contributed by atoms with van der Waals surface area (Å²) in [7, 11) is 0. The Morgan fingerprint density at radius 2 is 0.589 bits per heavy atom. The third-order valence-corrected chi connectivity index (χ3v) is 21.0. The number of rotatable bonds is 8. The van der Waals surface area contributed by atoms with Gasteiger partial charge in [0, 0.05) is 44.8 Å². The Labute approximate surface area is 553 Å². The van der Waals surface area contributed by atoms with Crippen LogP contribution in [0.15, 0.2) is 352 Å². The molecule has 4 aliphatic rings. The van der Waals surface area contributed by atoms with Crippen molar-refractivity contribution in [3.63, 3.8) is 0 Å². The smallest absolute Gasteiger partial charge is 0.252 e. The Balaban J connectivity index is 0.936. The predicted octanol–water partition coefficient (Wildman–Crippen LogP) is 21.5. The number of anilines is 6. The van der Waals surface area contributed by atoms with Crippen LogP contribution < -0.4 is 26.2 Å². The van der Waals surface area contributed by atoms with E-state index in [9.17, 15) is 0 Å². The summed E-state index contributed by atoms with van der Waals surface area (Å²) in [5.41, 5.74) is 35.5. The summed E-state index contributed by atoms with van der Waals surface area (Å²) in [5.74, 6) is 0. The van der Waals surface area contributed by atoms with Crippen molar-refractivity contribution in [1.82, 2.24) is 4.57 Å². The van der Waals surface area contributed by atoms with Crippen LogP contribution in [0.2, 0.25) is 0 Å². The molecule has 15 aromatic carbocycles. The third-order valence-electron chi connectivity index (χ3n) is 21.0. The van der Waals surface area contributed by atoms with E-state index < -0.39 is 5.41 Å². The predicted molar refractivity (Wildman–Crippen MR) is 398 cm³/mol. The highest BCUT2D eigenvalue weighted by Crippen LogP contribution is 2.66. The van der Waals surface area contributed by atoms with Crippen molar-refractivity contribution >= 4 is 79.0 Å². The second-order valence-electron chi connectivity index (χ2n) is 25.8. The summed E-state index contributed by atoms with van der Waals surface area (Å²) in [6, 6.07) is 132. The van der Waals surface area contributed by atoms with Crippen LogP contribution in [-0.4, -0.2) is 11.3 Å². The fourth-order valence-corrected chi connectivity index (χ4v) is 17.0. The molecule has 2 aliphatic heterocycles. The lowest BCUT2D eigenvalue weighted by molar-refractivity contribution is 0.793. The zero-order chi connectivity index (χ0) is 62.3. The number of aromatic nitrogens is 1. The molecule has 0 unspecified atom stereocenters. The van der Waals surface area contributed by atoms with Crippen molar-refractivity contribution in [2.75, 3.05) is 9.80 Å². The van der Waals surface area contributed by atoms with Gasteiger partial charge in [-0.15, -0.1) is 0 Å². The molecule has 0 fully saturated rings. The first kappa shape index (κ1) is 53.4. The highest BCUT2D eigenvalue weighted by Gasteiger charge is 2.54. The van der Waals surface area contributed by atoms with E-state index in [2.05, 4.69) is 366 Å². The van der Waals surface area contributed by atoms with Gasteiger partial charge in [0.2, 0.25) is 0 Å². The Bertz CT molecular complexity index is 5620. The molecule has 3 nitrogen and oxygen atoms in total. The number of nitrogens with zero attached hydrogens (tertiary/aromatic N) is 3. The van der Waals surface area contributed by atoms with Crippen LogP contribution in [0, 0.1) is 0 Å². The van der Waals surface area contributed by atoms with E-state index >= 15 is 0 Å². The van der Waals surface area contributed by atoms with Gasteiger partial charge in [-0.25, -0.2) is 0 Å². The van der Waals surface area contributed by atoms with Crippen LogP contribution in [0.25, 0.3) is 105 Å². The molecule has 0 saturated carbocycles. The van der Waals surface area contributed by atoms with Crippen molar-refractivity contribution in [1.29, 1.82) is 0 Å². The molecule has 95 heavy (non-hydrogen) atoms. The number of benzene rings is 15. The first-order chi connectivity index (χ1) is 47.1. The van der Waals surface area contributed by atoms with Crippen LogP contribution in [0.4, 0.5) is 34.1 Å². The average molecular weight is 1200 g/mol. The van der Waals surface area contributed by atoms with Gasteiger partial charge in [-0.1, -0.05) is 285 Å². The first-order valence-electron chi connectivity index (χ1n) is 33.1. The van der Waals surface area contributed by atoms with E-state index in [0.29, 0.717) is 0 Å². The van der Waals surface area contributed by atoms with Crippen LogP contribution in [-0.2, 0) is 5.41 Å². The van der Waals surface area contributed by atoms with Gasteiger partial charge in [0.25, 0.3) is 6.71 Å². The van der Waals surface area contributed by atoms with Gasteiger partial charge in [-0.05, 0) is 178 Å². The van der Waals surface area contributed by atoms with Gasteiger partial charge < -0.3 is 14.4 Å². The van der Waals surface area contributed by atoms with Gasteiger partial charge in [-0.3, -0.25) is 0 Å². The van der Waals surface area contributed by atoms with E-state index in [0.717, 1.165) is 50.8 Å². The minimum absolute atomic E-state index is 0.196. The van der Waals surface area contributed by atoms with Gasteiger partial charge in [0.05, 0.1) is 27.8 Å². The summed E-state index contributed by atoms with van der Waals surface area (Å²) in [6.45, 7) is -0.196. The molecule has 0 radical (unpaired) electrons. The van der Waals surface area contributed by atoms with Gasteiger partial charge in [-0.2, -0.15) is 0 Å². The maximum absolute atomic E-state index is 2.70. The van der Waals surface area contributed by atoms with Crippen molar-refractivity contribution in [3.8, 4) is 83.6 Å². The Morgan fingerprint density at radius 3 is 1.06 bits per heavy atom. The molecule has 1 spiro atoms. The minimum Gasteiger partial charge on any atom is -0.311 e. The lowest BCUT2D eigenvalue weighted by Gasteiger charge is -2.45. The lowest BCUT2D eigenvalue weighted by atomic mass is 9.33. The summed E-state index contributed by atoms with van der Waals surface area (Å²) in [6.07, 6.45) is 0. The maximum atomic E-state index is 2.70. The van der Waals surface area contributed by atoms with Crippen LogP contribution in [0.3, 0.4) is 0 Å². The second-order valence-corrected chi connectivity index (χ2v) is 25.8. The van der Waals surface area contributed by atoms with E-state index in [1.807, 2.05) is 0 Å². The van der Waals surface area contributed by atoms with Gasteiger partial charge in [0.1, 0.15) is 0 Å². The molecular weight excluding hydrogens is 1150 g/mol. The number of hydrogen-bond donors (Lipinski definition) is 0.